The number of carbonyl (C=O) groups excluding carboxylic acids is 2. The molecule has 6 nitrogen and oxygen atoms in total. The number of esters is 2. The molecule has 2 atom stereocenters. The zero-order valence-electron chi connectivity index (χ0n) is 16.2. The number of nitrogens with one attached hydrogen (secondary N) is 1. The van der Waals surface area contributed by atoms with Gasteiger partial charge in [-0.1, -0.05) is 29.8 Å². The average molecular weight is 406 g/mol. The number of dihydropyridines is 1. The lowest BCUT2D eigenvalue weighted by atomic mass is 9.80. The van der Waals surface area contributed by atoms with Crippen LogP contribution in [0.25, 0.3) is 0 Å². The van der Waals surface area contributed by atoms with Crippen LogP contribution < -0.4 is 5.32 Å². The Kier molecular flexibility index (Phi) is 6.42. The molecule has 2 heterocycles. The lowest BCUT2D eigenvalue weighted by molar-refractivity contribution is -0.142. The van der Waals surface area contributed by atoms with Crippen molar-refractivity contribution in [1.82, 2.24) is 5.32 Å². The topological polar surface area (TPSA) is 73.9 Å². The Labute approximate surface area is 169 Å². The fourth-order valence-electron chi connectivity index (χ4n) is 3.69. The zero-order valence-corrected chi connectivity index (χ0v) is 17.0. The van der Waals surface area contributed by atoms with Crippen molar-refractivity contribution in [2.45, 2.75) is 38.7 Å². The Morgan fingerprint density at radius 3 is 2.46 bits per heavy atom. The summed E-state index contributed by atoms with van der Waals surface area (Å²) < 4.78 is 16.1. The molecule has 2 unspecified atom stereocenters. The van der Waals surface area contributed by atoms with Gasteiger partial charge in [0.1, 0.15) is 6.61 Å². The third kappa shape index (κ3) is 4.08. The Balaban J connectivity index is 1.99. The lowest BCUT2D eigenvalue weighted by Gasteiger charge is -2.30. The molecule has 1 aromatic carbocycles. The number of ether oxygens (including phenoxy) is 3. The van der Waals surface area contributed by atoms with Gasteiger partial charge in [-0.15, -0.1) is 0 Å². The fourth-order valence-corrected chi connectivity index (χ4v) is 3.93. The number of allylic oxidation sites excluding steroid dienone is 2. The van der Waals surface area contributed by atoms with E-state index in [1.165, 1.54) is 7.11 Å². The van der Waals surface area contributed by atoms with Gasteiger partial charge in [0.2, 0.25) is 0 Å². The van der Waals surface area contributed by atoms with Crippen molar-refractivity contribution in [3.63, 3.8) is 0 Å². The maximum atomic E-state index is 13.0. The Morgan fingerprint density at radius 2 is 1.86 bits per heavy atom. The molecule has 1 saturated heterocycles. The van der Waals surface area contributed by atoms with Crippen LogP contribution in [0.3, 0.4) is 0 Å². The van der Waals surface area contributed by atoms with Gasteiger partial charge < -0.3 is 19.5 Å². The van der Waals surface area contributed by atoms with Crippen LogP contribution in [0.15, 0.2) is 46.8 Å². The molecule has 0 amide bonds. The van der Waals surface area contributed by atoms with E-state index in [1.54, 1.807) is 32.0 Å². The van der Waals surface area contributed by atoms with E-state index in [0.717, 1.165) is 12.8 Å². The third-order valence-electron chi connectivity index (χ3n) is 5.03. The highest BCUT2D eigenvalue weighted by atomic mass is 35.5. The Morgan fingerprint density at radius 1 is 1.18 bits per heavy atom. The fraction of sp³-hybridized carbons (Fsp3) is 0.429. The summed E-state index contributed by atoms with van der Waals surface area (Å²) in [4.78, 5) is 25.6. The first kappa shape index (κ1) is 20.4. The SMILES string of the molecule is COC(=O)C1=C(C)NC(C)=C(C(=O)OCC2CCCO2)C1c1ccccc1Cl. The van der Waals surface area contributed by atoms with Gasteiger partial charge in [0, 0.05) is 23.0 Å². The smallest absolute Gasteiger partial charge is 0.336 e. The molecule has 2 aliphatic heterocycles. The molecule has 1 fully saturated rings. The molecule has 28 heavy (non-hydrogen) atoms. The van der Waals surface area contributed by atoms with Gasteiger partial charge in [-0.2, -0.15) is 0 Å². The van der Waals surface area contributed by atoms with Crippen molar-refractivity contribution >= 4 is 23.5 Å². The minimum absolute atomic E-state index is 0.0856. The van der Waals surface area contributed by atoms with E-state index in [-0.39, 0.29) is 12.7 Å². The first-order valence-corrected chi connectivity index (χ1v) is 9.61. The summed E-state index contributed by atoms with van der Waals surface area (Å²) in [6.07, 6.45) is 1.74. The van der Waals surface area contributed by atoms with E-state index in [0.29, 0.717) is 39.7 Å². The minimum atomic E-state index is -0.681. The number of methoxy groups -OCH3 is 1. The van der Waals surface area contributed by atoms with Crippen LogP contribution in [0.5, 0.6) is 0 Å². The van der Waals surface area contributed by atoms with Gasteiger partial charge in [-0.3, -0.25) is 0 Å². The Hall–Kier alpha value is -2.31. The van der Waals surface area contributed by atoms with E-state index in [1.807, 2.05) is 6.07 Å². The number of halogens is 1. The average Bonchev–Trinajstić information content (AvgIpc) is 3.19. The van der Waals surface area contributed by atoms with E-state index in [2.05, 4.69) is 5.32 Å². The van der Waals surface area contributed by atoms with Gasteiger partial charge >= 0.3 is 11.9 Å². The van der Waals surface area contributed by atoms with Crippen molar-refractivity contribution < 1.29 is 23.8 Å². The maximum Gasteiger partial charge on any atom is 0.336 e. The summed E-state index contributed by atoms with van der Waals surface area (Å²) in [5.41, 5.74) is 2.56. The summed E-state index contributed by atoms with van der Waals surface area (Å²) >= 11 is 6.43. The van der Waals surface area contributed by atoms with Crippen LogP contribution in [0.1, 0.15) is 38.2 Å². The van der Waals surface area contributed by atoms with Crippen molar-refractivity contribution in [1.29, 1.82) is 0 Å². The van der Waals surface area contributed by atoms with Gasteiger partial charge in [0.25, 0.3) is 0 Å². The van der Waals surface area contributed by atoms with Crippen LogP contribution in [0, 0.1) is 0 Å². The van der Waals surface area contributed by atoms with Gasteiger partial charge in [0.15, 0.2) is 0 Å². The lowest BCUT2D eigenvalue weighted by Crippen LogP contribution is -2.33. The van der Waals surface area contributed by atoms with Crippen LogP contribution in [0.4, 0.5) is 0 Å². The van der Waals surface area contributed by atoms with E-state index >= 15 is 0 Å². The number of benzene rings is 1. The number of hydrogen-bond donors (Lipinski definition) is 1. The predicted molar refractivity (Wildman–Crippen MR) is 105 cm³/mol. The molecular weight excluding hydrogens is 382 g/mol. The normalized spacial score (nSPS) is 22.1. The monoisotopic (exact) mass is 405 g/mol. The zero-order chi connectivity index (χ0) is 20.3. The quantitative estimate of drug-likeness (QED) is 0.756. The Bertz CT molecular complexity index is 839. The standard InChI is InChI=1S/C21H24ClNO5/c1-12-17(20(24)26-3)19(15-8-4-5-9-16(15)22)18(13(2)23-12)21(25)28-11-14-7-6-10-27-14/h4-5,8-9,14,19,23H,6-7,10-11H2,1-3H3. The summed E-state index contributed by atoms with van der Waals surface area (Å²) in [7, 11) is 1.31. The van der Waals surface area contributed by atoms with E-state index in [9.17, 15) is 9.59 Å². The van der Waals surface area contributed by atoms with Crippen LogP contribution in [-0.4, -0.2) is 38.4 Å². The molecule has 1 aromatic rings. The van der Waals surface area contributed by atoms with Crippen molar-refractivity contribution in [3.8, 4) is 0 Å². The first-order chi connectivity index (χ1) is 13.4. The highest BCUT2D eigenvalue weighted by Crippen LogP contribution is 2.41. The highest BCUT2D eigenvalue weighted by molar-refractivity contribution is 6.31. The minimum Gasteiger partial charge on any atom is -0.466 e. The maximum absolute atomic E-state index is 13.0. The molecule has 7 heteroatoms. The summed E-state index contributed by atoms with van der Waals surface area (Å²) in [6, 6.07) is 7.15. The molecule has 0 aliphatic carbocycles. The predicted octanol–water partition coefficient (Wildman–Crippen LogP) is 3.47. The molecule has 1 N–H and O–H groups in total. The second-order valence-electron chi connectivity index (χ2n) is 6.88. The summed E-state index contributed by atoms with van der Waals surface area (Å²) in [5.74, 6) is -1.70. The third-order valence-corrected chi connectivity index (χ3v) is 5.37. The van der Waals surface area contributed by atoms with Crippen molar-refractivity contribution in [2.75, 3.05) is 20.3 Å². The molecule has 0 radical (unpaired) electrons. The molecule has 2 aliphatic rings. The molecule has 3 rings (SSSR count). The van der Waals surface area contributed by atoms with Gasteiger partial charge in [-0.05, 0) is 38.3 Å². The van der Waals surface area contributed by atoms with E-state index < -0.39 is 17.9 Å². The number of hydrogen-bond acceptors (Lipinski definition) is 6. The van der Waals surface area contributed by atoms with Gasteiger partial charge in [0.05, 0.1) is 30.3 Å². The van der Waals surface area contributed by atoms with Crippen LogP contribution >= 0.6 is 11.6 Å². The number of carbonyl (C=O) groups is 2. The molecule has 0 bridgehead atoms. The number of rotatable bonds is 5. The van der Waals surface area contributed by atoms with Gasteiger partial charge in [-0.25, -0.2) is 9.59 Å². The molecule has 0 spiro atoms. The van der Waals surface area contributed by atoms with Crippen LogP contribution in [0.2, 0.25) is 5.02 Å². The first-order valence-electron chi connectivity index (χ1n) is 9.24. The highest BCUT2D eigenvalue weighted by Gasteiger charge is 2.38. The molecular formula is C21H24ClNO5. The largest absolute Gasteiger partial charge is 0.466 e. The second-order valence-corrected chi connectivity index (χ2v) is 7.29. The van der Waals surface area contributed by atoms with E-state index in [4.69, 9.17) is 25.8 Å². The molecule has 0 saturated carbocycles. The molecule has 0 aromatic heterocycles. The summed E-state index contributed by atoms with van der Waals surface area (Å²) in [6.45, 7) is 4.42. The van der Waals surface area contributed by atoms with Crippen molar-refractivity contribution in [2.24, 2.45) is 0 Å². The second kappa shape index (κ2) is 8.80. The molecule has 150 valence electrons. The van der Waals surface area contributed by atoms with Crippen molar-refractivity contribution in [3.05, 3.63) is 57.4 Å². The van der Waals surface area contributed by atoms with Crippen LogP contribution in [-0.2, 0) is 23.8 Å². The summed E-state index contributed by atoms with van der Waals surface area (Å²) in [5, 5.41) is 3.57.